The van der Waals surface area contributed by atoms with Crippen molar-refractivity contribution in [1.82, 2.24) is 4.98 Å². The van der Waals surface area contributed by atoms with E-state index in [1.54, 1.807) is 0 Å². The standard InChI is InChI=1S/C17H22N2O2/c1-3-12-6-5-7-13-14-8-11-21-17(4-2,9-10-18-20)16(14)19-15(12)13/h5-7,10,19-20H,3-4,8-9,11H2,1-2H3/b18-10+/t17-/m1/s1. The van der Waals surface area contributed by atoms with Crippen LogP contribution in [-0.2, 0) is 23.2 Å². The number of rotatable bonds is 4. The molecule has 1 aromatic carbocycles. The lowest BCUT2D eigenvalue weighted by Crippen LogP contribution is -2.35. The number of nitrogens with zero attached hydrogens (tertiary/aromatic N) is 1. The summed E-state index contributed by atoms with van der Waals surface area (Å²) in [6.45, 7) is 5.01. The Morgan fingerprint density at radius 1 is 1.43 bits per heavy atom. The molecule has 0 bridgehead atoms. The lowest BCUT2D eigenvalue weighted by Gasteiger charge is -2.35. The number of aromatic amines is 1. The van der Waals surface area contributed by atoms with Crippen LogP contribution in [0.4, 0.5) is 0 Å². The van der Waals surface area contributed by atoms with Crippen LogP contribution in [0.2, 0.25) is 0 Å². The van der Waals surface area contributed by atoms with E-state index in [2.05, 4.69) is 42.2 Å². The van der Waals surface area contributed by atoms with Crippen molar-refractivity contribution in [3.8, 4) is 0 Å². The molecule has 0 spiro atoms. The van der Waals surface area contributed by atoms with Crippen LogP contribution in [0.15, 0.2) is 23.4 Å². The molecule has 2 N–H and O–H groups in total. The molecule has 1 aliphatic heterocycles. The summed E-state index contributed by atoms with van der Waals surface area (Å²) in [5.41, 5.74) is 4.69. The van der Waals surface area contributed by atoms with Gasteiger partial charge < -0.3 is 14.9 Å². The van der Waals surface area contributed by atoms with Gasteiger partial charge in [-0.25, -0.2) is 0 Å². The zero-order chi connectivity index (χ0) is 14.9. The molecule has 1 aromatic heterocycles. The minimum Gasteiger partial charge on any atom is -0.411 e. The molecular weight excluding hydrogens is 264 g/mol. The maximum atomic E-state index is 8.78. The summed E-state index contributed by atoms with van der Waals surface area (Å²) in [7, 11) is 0. The molecule has 0 saturated carbocycles. The third-order valence-electron chi connectivity index (χ3n) is 4.67. The fourth-order valence-corrected chi connectivity index (χ4v) is 3.47. The lowest BCUT2D eigenvalue weighted by molar-refractivity contribution is -0.0600. The first-order chi connectivity index (χ1) is 10.3. The van der Waals surface area contributed by atoms with Crippen LogP contribution in [0.25, 0.3) is 10.9 Å². The highest BCUT2D eigenvalue weighted by atomic mass is 16.5. The number of para-hydroxylation sites is 1. The predicted molar refractivity (Wildman–Crippen MR) is 84.2 cm³/mol. The topological polar surface area (TPSA) is 57.6 Å². The Balaban J connectivity index is 2.21. The monoisotopic (exact) mass is 286 g/mol. The van der Waals surface area contributed by atoms with Gasteiger partial charge >= 0.3 is 0 Å². The number of oxime groups is 1. The van der Waals surface area contributed by atoms with Gasteiger partial charge in [-0.15, -0.1) is 5.16 Å². The van der Waals surface area contributed by atoms with Crippen molar-refractivity contribution in [2.75, 3.05) is 6.61 Å². The van der Waals surface area contributed by atoms with E-state index in [1.165, 1.54) is 28.2 Å². The van der Waals surface area contributed by atoms with Crippen LogP contribution in [0, 0.1) is 0 Å². The fourth-order valence-electron chi connectivity index (χ4n) is 3.47. The Hall–Kier alpha value is -1.81. The van der Waals surface area contributed by atoms with Crippen molar-refractivity contribution in [2.45, 2.75) is 45.1 Å². The summed E-state index contributed by atoms with van der Waals surface area (Å²) >= 11 is 0. The Morgan fingerprint density at radius 2 is 2.29 bits per heavy atom. The number of fused-ring (bicyclic) bond motifs is 3. The molecule has 112 valence electrons. The zero-order valence-corrected chi connectivity index (χ0v) is 12.6. The van der Waals surface area contributed by atoms with Crippen LogP contribution in [0.1, 0.15) is 43.5 Å². The van der Waals surface area contributed by atoms with Crippen LogP contribution in [0.3, 0.4) is 0 Å². The van der Waals surface area contributed by atoms with Gasteiger partial charge in [0.05, 0.1) is 12.3 Å². The zero-order valence-electron chi connectivity index (χ0n) is 12.6. The molecule has 3 rings (SSSR count). The minimum absolute atomic E-state index is 0.399. The van der Waals surface area contributed by atoms with E-state index in [9.17, 15) is 0 Å². The number of aromatic nitrogens is 1. The summed E-state index contributed by atoms with van der Waals surface area (Å²) in [6, 6.07) is 6.50. The summed E-state index contributed by atoms with van der Waals surface area (Å²) in [5, 5.41) is 13.3. The average Bonchev–Trinajstić information content (AvgIpc) is 2.92. The number of ether oxygens (including phenoxy) is 1. The number of hydrogen-bond donors (Lipinski definition) is 2. The third-order valence-corrected chi connectivity index (χ3v) is 4.67. The van der Waals surface area contributed by atoms with E-state index in [1.807, 2.05) is 0 Å². The first-order valence-corrected chi connectivity index (χ1v) is 7.68. The van der Waals surface area contributed by atoms with Gasteiger partial charge in [-0.1, -0.05) is 32.0 Å². The first kappa shape index (κ1) is 14.1. The van der Waals surface area contributed by atoms with Gasteiger partial charge in [0.25, 0.3) is 0 Å². The van der Waals surface area contributed by atoms with E-state index in [-0.39, 0.29) is 0 Å². The smallest absolute Gasteiger partial charge is 0.113 e. The van der Waals surface area contributed by atoms with E-state index in [0.29, 0.717) is 13.0 Å². The average molecular weight is 286 g/mol. The van der Waals surface area contributed by atoms with Gasteiger partial charge in [0.1, 0.15) is 5.60 Å². The molecular formula is C17H22N2O2. The highest BCUT2D eigenvalue weighted by Gasteiger charge is 2.38. The van der Waals surface area contributed by atoms with Gasteiger partial charge in [0, 0.05) is 23.5 Å². The third kappa shape index (κ3) is 2.14. The molecule has 4 nitrogen and oxygen atoms in total. The van der Waals surface area contributed by atoms with Crippen molar-refractivity contribution in [3.05, 3.63) is 35.0 Å². The van der Waals surface area contributed by atoms with Crippen LogP contribution >= 0.6 is 0 Å². The van der Waals surface area contributed by atoms with Crippen molar-refractivity contribution in [3.63, 3.8) is 0 Å². The molecule has 1 atom stereocenters. The van der Waals surface area contributed by atoms with Gasteiger partial charge in [-0.2, -0.15) is 0 Å². The molecule has 0 fully saturated rings. The summed E-state index contributed by atoms with van der Waals surface area (Å²) < 4.78 is 6.11. The normalized spacial score (nSPS) is 22.0. The molecule has 2 heterocycles. The van der Waals surface area contributed by atoms with E-state index in [4.69, 9.17) is 9.94 Å². The molecule has 21 heavy (non-hydrogen) atoms. The molecule has 0 unspecified atom stereocenters. The lowest BCUT2D eigenvalue weighted by atomic mass is 9.86. The Bertz CT molecular complexity index is 675. The summed E-state index contributed by atoms with van der Waals surface area (Å²) in [5.74, 6) is 0. The van der Waals surface area contributed by atoms with Crippen molar-refractivity contribution in [2.24, 2.45) is 5.16 Å². The second-order valence-corrected chi connectivity index (χ2v) is 5.62. The molecule has 0 amide bonds. The van der Waals surface area contributed by atoms with Crippen LogP contribution < -0.4 is 0 Å². The number of aryl methyl sites for hydroxylation is 1. The quantitative estimate of drug-likeness (QED) is 0.511. The second-order valence-electron chi connectivity index (χ2n) is 5.62. The van der Waals surface area contributed by atoms with Crippen molar-refractivity contribution < 1.29 is 9.94 Å². The Labute approximate surface area is 124 Å². The highest BCUT2D eigenvalue weighted by molar-refractivity contribution is 5.88. The summed E-state index contributed by atoms with van der Waals surface area (Å²) in [4.78, 5) is 3.62. The minimum atomic E-state index is -0.399. The van der Waals surface area contributed by atoms with Gasteiger partial charge in [0.2, 0.25) is 0 Å². The predicted octanol–water partition coefficient (Wildman–Crippen LogP) is 3.76. The molecule has 0 aliphatic carbocycles. The molecule has 0 radical (unpaired) electrons. The largest absolute Gasteiger partial charge is 0.411 e. The molecule has 4 heteroatoms. The van der Waals surface area contributed by atoms with Gasteiger partial charge in [0.15, 0.2) is 0 Å². The number of nitrogens with one attached hydrogen (secondary N) is 1. The Kier molecular flexibility index (Phi) is 3.72. The Morgan fingerprint density at radius 3 is 3.00 bits per heavy atom. The second kappa shape index (κ2) is 5.53. The van der Waals surface area contributed by atoms with Gasteiger partial charge in [-0.05, 0) is 30.4 Å². The number of H-pyrrole nitrogens is 1. The SMILES string of the molecule is CCc1cccc2c3c([nH]c12)[C@@](CC)(C/C=N/O)OCC3. The molecule has 2 aromatic rings. The first-order valence-electron chi connectivity index (χ1n) is 7.68. The number of benzene rings is 1. The molecule has 1 aliphatic rings. The van der Waals surface area contributed by atoms with E-state index < -0.39 is 5.60 Å². The maximum Gasteiger partial charge on any atom is 0.113 e. The van der Waals surface area contributed by atoms with Crippen molar-refractivity contribution in [1.29, 1.82) is 0 Å². The van der Waals surface area contributed by atoms with Crippen molar-refractivity contribution >= 4 is 17.1 Å². The van der Waals surface area contributed by atoms with Gasteiger partial charge in [-0.3, -0.25) is 0 Å². The van der Waals surface area contributed by atoms with Crippen LogP contribution in [-0.4, -0.2) is 23.0 Å². The number of hydrogen-bond acceptors (Lipinski definition) is 3. The molecule has 0 saturated heterocycles. The van der Waals surface area contributed by atoms with E-state index in [0.717, 1.165) is 25.0 Å². The maximum absolute atomic E-state index is 8.78. The highest BCUT2D eigenvalue weighted by Crippen LogP contribution is 2.41. The fraction of sp³-hybridized carbons (Fsp3) is 0.471. The van der Waals surface area contributed by atoms with Crippen LogP contribution in [0.5, 0.6) is 0 Å². The van der Waals surface area contributed by atoms with E-state index >= 15 is 0 Å². The summed E-state index contributed by atoms with van der Waals surface area (Å²) in [6.07, 6.45) is 4.90.